The second-order valence-electron chi connectivity index (χ2n) is 6.83. The lowest BCUT2D eigenvalue weighted by Gasteiger charge is -2.15. The molecule has 0 aromatic heterocycles. The smallest absolute Gasteiger partial charge is 0.407 e. The van der Waals surface area contributed by atoms with Crippen LogP contribution in [0, 0.1) is 0 Å². The Morgan fingerprint density at radius 2 is 2.03 bits per heavy atom. The third-order valence-corrected chi connectivity index (χ3v) is 4.53. The Morgan fingerprint density at radius 3 is 2.74 bits per heavy atom. The zero-order valence-electron chi connectivity index (χ0n) is 17.3. The molecule has 31 heavy (non-hydrogen) atoms. The van der Waals surface area contributed by atoms with Crippen molar-refractivity contribution >= 4 is 23.8 Å². The topological polar surface area (TPSA) is 159 Å². The van der Waals surface area contributed by atoms with Gasteiger partial charge in [-0.25, -0.2) is 9.59 Å². The molecule has 1 heterocycles. The Balaban J connectivity index is 1.82. The van der Waals surface area contributed by atoms with E-state index in [1.165, 1.54) is 24.6 Å². The highest BCUT2D eigenvalue weighted by Gasteiger charge is 2.22. The summed E-state index contributed by atoms with van der Waals surface area (Å²) in [5, 5.41) is 26.9. The first-order chi connectivity index (χ1) is 14.9. The van der Waals surface area contributed by atoms with E-state index >= 15 is 0 Å². The number of hydrogen-bond donors (Lipinski definition) is 5. The molecular weight excluding hydrogens is 408 g/mol. The molecule has 1 atom stereocenters. The summed E-state index contributed by atoms with van der Waals surface area (Å²) < 4.78 is 9.93. The van der Waals surface area contributed by atoms with Gasteiger partial charge < -0.3 is 35.6 Å². The molecule has 1 aliphatic heterocycles. The molecule has 1 aromatic carbocycles. The van der Waals surface area contributed by atoms with Gasteiger partial charge in [-0.2, -0.15) is 0 Å². The maximum absolute atomic E-state index is 12.3. The van der Waals surface area contributed by atoms with Crippen LogP contribution in [0.1, 0.15) is 36.0 Å². The maximum Gasteiger partial charge on any atom is 0.407 e. The zero-order chi connectivity index (χ0) is 22.6. The number of carbonyl (C=O) groups is 3. The monoisotopic (exact) mass is 436 g/mol. The highest BCUT2D eigenvalue weighted by atomic mass is 16.5. The number of methoxy groups -OCH3 is 1. The maximum atomic E-state index is 12.3. The molecule has 0 saturated carbocycles. The predicted octanol–water partition coefficient (Wildman–Crippen LogP) is 0.872. The first-order valence-electron chi connectivity index (χ1n) is 9.99. The van der Waals surface area contributed by atoms with Gasteiger partial charge in [0.05, 0.1) is 25.1 Å². The number of benzene rings is 1. The van der Waals surface area contributed by atoms with Crippen LogP contribution in [0.2, 0.25) is 0 Å². The van der Waals surface area contributed by atoms with Crippen LogP contribution in [0.15, 0.2) is 23.2 Å². The first kappa shape index (κ1) is 23.8. The third-order valence-electron chi connectivity index (χ3n) is 4.53. The fourth-order valence-corrected chi connectivity index (χ4v) is 2.87. The largest absolute Gasteiger partial charge is 0.507 e. The average molecular weight is 436 g/mol. The minimum absolute atomic E-state index is 0.0551. The molecule has 11 heteroatoms. The zero-order valence-corrected chi connectivity index (χ0v) is 17.3. The number of aliphatic carboxylic acids is 1. The minimum atomic E-state index is -1.38. The molecule has 0 aliphatic carbocycles. The van der Waals surface area contributed by atoms with Crippen LogP contribution in [0.5, 0.6) is 11.5 Å². The second-order valence-corrected chi connectivity index (χ2v) is 6.83. The van der Waals surface area contributed by atoms with Gasteiger partial charge in [-0.1, -0.05) is 6.42 Å². The lowest BCUT2D eigenvalue weighted by molar-refractivity contribution is -0.139. The van der Waals surface area contributed by atoms with Crippen molar-refractivity contribution < 1.29 is 34.1 Å². The number of amides is 2. The van der Waals surface area contributed by atoms with Crippen LogP contribution in [-0.4, -0.2) is 73.4 Å². The van der Waals surface area contributed by atoms with Gasteiger partial charge in [0.2, 0.25) is 0 Å². The lowest BCUT2D eigenvalue weighted by Crippen LogP contribution is -2.48. The summed E-state index contributed by atoms with van der Waals surface area (Å²) in [6.07, 6.45) is 3.41. The van der Waals surface area contributed by atoms with Crippen molar-refractivity contribution in [2.45, 2.75) is 31.7 Å². The highest BCUT2D eigenvalue weighted by Crippen LogP contribution is 2.23. The Morgan fingerprint density at radius 1 is 1.23 bits per heavy atom. The molecule has 2 amide bonds. The molecule has 0 spiro atoms. The Bertz CT molecular complexity index is 813. The van der Waals surface area contributed by atoms with Gasteiger partial charge >= 0.3 is 12.1 Å². The van der Waals surface area contributed by atoms with Crippen molar-refractivity contribution in [3.05, 3.63) is 23.8 Å². The van der Waals surface area contributed by atoms with E-state index in [1.54, 1.807) is 0 Å². The number of ether oxygens (including phenoxy) is 2. The summed E-state index contributed by atoms with van der Waals surface area (Å²) in [5.74, 6) is -0.993. The van der Waals surface area contributed by atoms with Crippen LogP contribution in [0.4, 0.5) is 4.79 Å². The van der Waals surface area contributed by atoms with Crippen molar-refractivity contribution in [2.24, 2.45) is 4.99 Å². The predicted molar refractivity (Wildman–Crippen MR) is 112 cm³/mol. The summed E-state index contributed by atoms with van der Waals surface area (Å²) in [4.78, 5) is 39.1. The van der Waals surface area contributed by atoms with Crippen LogP contribution in [0.25, 0.3) is 0 Å². The number of carboxylic acids is 1. The van der Waals surface area contributed by atoms with Gasteiger partial charge in [0.15, 0.2) is 0 Å². The molecule has 0 radical (unpaired) electrons. The molecule has 11 nitrogen and oxygen atoms in total. The number of amidine groups is 1. The van der Waals surface area contributed by atoms with Gasteiger partial charge in [-0.05, 0) is 25.0 Å². The van der Waals surface area contributed by atoms with Gasteiger partial charge in [0, 0.05) is 25.6 Å². The molecule has 0 fully saturated rings. The van der Waals surface area contributed by atoms with Gasteiger partial charge in [0.1, 0.15) is 24.1 Å². The van der Waals surface area contributed by atoms with E-state index < -0.39 is 30.6 Å². The number of nitrogens with zero attached hydrogens (tertiary/aromatic N) is 1. The van der Waals surface area contributed by atoms with Crippen LogP contribution >= 0.6 is 0 Å². The fraction of sp³-hybridized carbons (Fsp3) is 0.500. The summed E-state index contributed by atoms with van der Waals surface area (Å²) >= 11 is 0. The molecule has 0 bridgehead atoms. The molecule has 0 unspecified atom stereocenters. The van der Waals surface area contributed by atoms with E-state index in [1.807, 2.05) is 0 Å². The Hall–Kier alpha value is -3.50. The fourth-order valence-electron chi connectivity index (χ4n) is 2.87. The van der Waals surface area contributed by atoms with Crippen molar-refractivity contribution in [1.29, 1.82) is 0 Å². The van der Waals surface area contributed by atoms with Gasteiger partial charge in [-0.3, -0.25) is 9.79 Å². The van der Waals surface area contributed by atoms with Gasteiger partial charge in [-0.15, -0.1) is 0 Å². The summed E-state index contributed by atoms with van der Waals surface area (Å²) in [6, 6.07) is 2.82. The number of phenolic OH excluding ortho intramolecular Hbond substituents is 1. The van der Waals surface area contributed by atoms with Gasteiger partial charge in [0.25, 0.3) is 5.91 Å². The van der Waals surface area contributed by atoms with Crippen molar-refractivity contribution in [3.8, 4) is 11.5 Å². The molecule has 1 aromatic rings. The highest BCUT2D eigenvalue weighted by molar-refractivity contribution is 5.97. The Kier molecular flexibility index (Phi) is 9.40. The number of aliphatic imine (C=N–C) groups is 1. The van der Waals surface area contributed by atoms with Crippen LogP contribution in [-0.2, 0) is 9.53 Å². The van der Waals surface area contributed by atoms with E-state index in [-0.39, 0.29) is 11.3 Å². The van der Waals surface area contributed by atoms with Crippen molar-refractivity contribution in [1.82, 2.24) is 16.0 Å². The number of phenols is 1. The molecule has 170 valence electrons. The number of carboxylic acid groups (broad SMARTS) is 1. The Labute approximate surface area is 179 Å². The van der Waals surface area contributed by atoms with E-state index in [2.05, 4.69) is 25.7 Å². The minimum Gasteiger partial charge on any atom is -0.507 e. The van der Waals surface area contributed by atoms with Crippen LogP contribution < -0.4 is 20.7 Å². The number of rotatable bonds is 9. The number of hydrogen-bond acceptors (Lipinski definition) is 8. The molecule has 1 aliphatic rings. The molecule has 2 rings (SSSR count). The number of nitrogens with one attached hydrogen (secondary N) is 3. The van der Waals surface area contributed by atoms with E-state index in [4.69, 9.17) is 9.84 Å². The third kappa shape index (κ3) is 8.03. The lowest BCUT2D eigenvalue weighted by atomic mass is 10.1. The average Bonchev–Trinajstić information content (AvgIpc) is 3.02. The SMILES string of the molecule is COC(=O)N[C@@H](CNC(=O)c1ccc(OCCNC2=NCCCCC2)cc1O)C(=O)O. The standard InChI is InChI=1S/C20H28N4O7/c1-30-20(29)24-15(19(27)28)12-23-18(26)14-7-6-13(11-16(14)25)31-10-9-22-17-5-3-2-4-8-21-17/h6-7,11,15,25H,2-5,8-10,12H2,1H3,(H,21,22)(H,23,26)(H,24,29)(H,27,28)/t15-/m0/s1. The van der Waals surface area contributed by atoms with E-state index in [0.29, 0.717) is 18.9 Å². The molecule has 5 N–H and O–H groups in total. The van der Waals surface area contributed by atoms with Crippen molar-refractivity contribution in [3.63, 3.8) is 0 Å². The quantitative estimate of drug-likeness (QED) is 0.357. The molecular formula is C20H28N4O7. The second kappa shape index (κ2) is 12.3. The van der Waals surface area contributed by atoms with Crippen LogP contribution in [0.3, 0.4) is 0 Å². The summed E-state index contributed by atoms with van der Waals surface area (Å²) in [5.41, 5.74) is -0.0551. The normalized spacial score (nSPS) is 14.4. The van der Waals surface area contributed by atoms with Crippen molar-refractivity contribution in [2.75, 3.05) is 33.4 Å². The molecule has 0 saturated heterocycles. The number of carbonyl (C=O) groups excluding carboxylic acids is 2. The number of aromatic hydroxyl groups is 1. The number of alkyl carbamates (subject to hydrolysis) is 1. The van der Waals surface area contributed by atoms with E-state index in [0.717, 1.165) is 38.8 Å². The summed E-state index contributed by atoms with van der Waals surface area (Å²) in [7, 11) is 1.09. The first-order valence-corrected chi connectivity index (χ1v) is 9.99. The van der Waals surface area contributed by atoms with E-state index in [9.17, 15) is 19.5 Å². The summed E-state index contributed by atoms with van der Waals surface area (Å²) in [6.45, 7) is 1.36.